The fourth-order valence-electron chi connectivity index (χ4n) is 0.943. The predicted octanol–water partition coefficient (Wildman–Crippen LogP) is 1.52. The molecule has 1 atom stereocenters. The monoisotopic (exact) mass is 164 g/mol. The molecule has 0 saturated heterocycles. The molecule has 62 valence electrons. The lowest BCUT2D eigenvalue weighted by Gasteiger charge is -2.15. The van der Waals surface area contributed by atoms with Gasteiger partial charge < -0.3 is 5.73 Å². The van der Waals surface area contributed by atoms with E-state index in [1.165, 1.54) is 19.1 Å². The molecule has 0 heterocycles. The van der Waals surface area contributed by atoms with Crippen LogP contribution in [0.5, 0.6) is 0 Å². The summed E-state index contributed by atoms with van der Waals surface area (Å²) in [5.41, 5.74) is 4.52. The molecule has 0 spiro atoms. The zero-order valence-electron chi connectivity index (χ0n) is 6.71. The molecule has 2 N–H and O–H groups in total. The molecule has 0 aromatic heterocycles. The molecule has 0 fully saturated rings. The van der Waals surface area contributed by atoms with E-state index in [-0.39, 0.29) is 5.56 Å². The van der Waals surface area contributed by atoms with Crippen LogP contribution in [0.3, 0.4) is 0 Å². The molecule has 3 heteroatoms. The minimum Gasteiger partial charge on any atom is -0.310 e. The Balaban J connectivity index is 3.22. The second-order valence-corrected chi connectivity index (χ2v) is 2.79. The van der Waals surface area contributed by atoms with E-state index in [1.807, 2.05) is 6.07 Å². The summed E-state index contributed by atoms with van der Waals surface area (Å²) in [5.74, 6) is -0.441. The third-order valence-electron chi connectivity index (χ3n) is 1.67. The topological polar surface area (TPSA) is 49.8 Å². The minimum absolute atomic E-state index is 0.229. The molecular formula is C9H9FN2. The molecule has 0 bridgehead atoms. The Bertz CT molecular complexity index is 326. The first kappa shape index (κ1) is 8.69. The van der Waals surface area contributed by atoms with Gasteiger partial charge in [-0.1, -0.05) is 18.2 Å². The van der Waals surface area contributed by atoms with Gasteiger partial charge in [0.15, 0.2) is 0 Å². The highest BCUT2D eigenvalue weighted by Gasteiger charge is 2.23. The Labute approximate surface area is 70.4 Å². The van der Waals surface area contributed by atoms with Crippen molar-refractivity contribution in [3.8, 4) is 6.07 Å². The van der Waals surface area contributed by atoms with Crippen LogP contribution in [0.4, 0.5) is 4.39 Å². The molecule has 1 aromatic carbocycles. The number of hydrogen-bond donors (Lipinski definition) is 1. The van der Waals surface area contributed by atoms with Crippen molar-refractivity contribution in [2.24, 2.45) is 5.73 Å². The van der Waals surface area contributed by atoms with E-state index in [4.69, 9.17) is 11.0 Å². The summed E-state index contributed by atoms with van der Waals surface area (Å²) in [4.78, 5) is 0. The van der Waals surface area contributed by atoms with Crippen molar-refractivity contribution in [1.29, 1.82) is 5.26 Å². The van der Waals surface area contributed by atoms with Gasteiger partial charge in [-0.25, -0.2) is 4.39 Å². The third kappa shape index (κ3) is 1.44. The van der Waals surface area contributed by atoms with E-state index >= 15 is 0 Å². The average molecular weight is 164 g/mol. The normalized spacial score (nSPS) is 14.8. The summed E-state index contributed by atoms with van der Waals surface area (Å²) in [6, 6.07) is 7.85. The lowest BCUT2D eigenvalue weighted by Crippen LogP contribution is -2.31. The summed E-state index contributed by atoms with van der Waals surface area (Å²) in [6.07, 6.45) is 0. The van der Waals surface area contributed by atoms with E-state index in [9.17, 15) is 4.39 Å². The van der Waals surface area contributed by atoms with Crippen LogP contribution in [0.15, 0.2) is 24.3 Å². The van der Waals surface area contributed by atoms with Crippen LogP contribution in [0.1, 0.15) is 12.5 Å². The van der Waals surface area contributed by atoms with Gasteiger partial charge in [0.1, 0.15) is 11.4 Å². The minimum atomic E-state index is -1.24. The zero-order valence-corrected chi connectivity index (χ0v) is 6.71. The van der Waals surface area contributed by atoms with Crippen LogP contribution in [0.25, 0.3) is 0 Å². The molecule has 0 aliphatic heterocycles. The summed E-state index contributed by atoms with van der Waals surface area (Å²) in [5, 5.41) is 8.63. The fraction of sp³-hybridized carbons (Fsp3) is 0.222. The van der Waals surface area contributed by atoms with Crippen molar-refractivity contribution in [2.45, 2.75) is 12.5 Å². The van der Waals surface area contributed by atoms with Crippen LogP contribution in [-0.4, -0.2) is 0 Å². The predicted molar refractivity (Wildman–Crippen MR) is 43.6 cm³/mol. The highest BCUT2D eigenvalue weighted by molar-refractivity contribution is 5.30. The molecule has 1 rings (SSSR count). The second-order valence-electron chi connectivity index (χ2n) is 2.79. The number of nitrogens with zero attached hydrogens (tertiary/aromatic N) is 1. The fourth-order valence-corrected chi connectivity index (χ4v) is 0.943. The van der Waals surface area contributed by atoms with Crippen molar-refractivity contribution in [1.82, 2.24) is 0 Å². The molecule has 0 unspecified atom stereocenters. The van der Waals surface area contributed by atoms with Crippen LogP contribution >= 0.6 is 0 Å². The van der Waals surface area contributed by atoms with Crippen molar-refractivity contribution in [3.05, 3.63) is 35.6 Å². The number of nitriles is 1. The van der Waals surface area contributed by atoms with Crippen molar-refractivity contribution in [2.75, 3.05) is 0 Å². The smallest absolute Gasteiger partial charge is 0.129 e. The Kier molecular flexibility index (Phi) is 2.11. The Hall–Kier alpha value is -1.40. The van der Waals surface area contributed by atoms with Crippen LogP contribution < -0.4 is 5.73 Å². The highest BCUT2D eigenvalue weighted by Crippen LogP contribution is 2.19. The van der Waals surface area contributed by atoms with Gasteiger partial charge in [0.2, 0.25) is 0 Å². The molecule has 0 radical (unpaired) electrons. The molecule has 0 aliphatic rings. The van der Waals surface area contributed by atoms with Gasteiger partial charge in [0.05, 0.1) is 6.07 Å². The standard InChI is InChI=1S/C9H9FN2/c1-9(12,6-11)7-4-2-3-5-8(7)10/h2-5H,12H2,1H3/t9-/m1/s1. The van der Waals surface area contributed by atoms with Gasteiger partial charge in [-0.3, -0.25) is 0 Å². The van der Waals surface area contributed by atoms with E-state index in [0.717, 1.165) is 0 Å². The van der Waals surface area contributed by atoms with E-state index in [2.05, 4.69) is 0 Å². The SMILES string of the molecule is C[C@@](N)(C#N)c1ccccc1F. The molecule has 0 amide bonds. The van der Waals surface area contributed by atoms with E-state index < -0.39 is 11.4 Å². The number of rotatable bonds is 1. The molecule has 0 saturated carbocycles. The molecule has 12 heavy (non-hydrogen) atoms. The zero-order chi connectivity index (χ0) is 9.19. The van der Waals surface area contributed by atoms with Gasteiger partial charge in [-0.15, -0.1) is 0 Å². The maximum atomic E-state index is 13.0. The van der Waals surface area contributed by atoms with Crippen molar-refractivity contribution >= 4 is 0 Å². The van der Waals surface area contributed by atoms with Gasteiger partial charge in [-0.05, 0) is 13.0 Å². The van der Waals surface area contributed by atoms with Crippen LogP contribution in [-0.2, 0) is 5.54 Å². The lowest BCUT2D eigenvalue weighted by atomic mass is 9.95. The number of halogens is 1. The van der Waals surface area contributed by atoms with Crippen LogP contribution in [0, 0.1) is 17.1 Å². The second kappa shape index (κ2) is 2.92. The lowest BCUT2D eigenvalue weighted by molar-refractivity contribution is 0.551. The summed E-state index contributed by atoms with van der Waals surface area (Å²) >= 11 is 0. The molecule has 0 aliphatic carbocycles. The first-order chi connectivity index (χ1) is 5.58. The molecular weight excluding hydrogens is 155 g/mol. The summed E-state index contributed by atoms with van der Waals surface area (Å²) in [6.45, 7) is 1.48. The largest absolute Gasteiger partial charge is 0.310 e. The molecule has 1 aromatic rings. The first-order valence-corrected chi connectivity index (χ1v) is 3.53. The molecule has 2 nitrogen and oxygen atoms in total. The van der Waals surface area contributed by atoms with Crippen molar-refractivity contribution in [3.63, 3.8) is 0 Å². The van der Waals surface area contributed by atoms with Gasteiger partial charge >= 0.3 is 0 Å². The third-order valence-corrected chi connectivity index (χ3v) is 1.67. The highest BCUT2D eigenvalue weighted by atomic mass is 19.1. The summed E-state index contributed by atoms with van der Waals surface area (Å²) in [7, 11) is 0. The van der Waals surface area contributed by atoms with Crippen LogP contribution in [0.2, 0.25) is 0 Å². The Morgan fingerprint density at radius 3 is 2.58 bits per heavy atom. The van der Waals surface area contributed by atoms with Crippen molar-refractivity contribution < 1.29 is 4.39 Å². The Morgan fingerprint density at radius 1 is 1.50 bits per heavy atom. The summed E-state index contributed by atoms with van der Waals surface area (Å²) < 4.78 is 13.0. The maximum absolute atomic E-state index is 13.0. The maximum Gasteiger partial charge on any atom is 0.129 e. The number of hydrogen-bond acceptors (Lipinski definition) is 2. The van der Waals surface area contributed by atoms with E-state index in [0.29, 0.717) is 0 Å². The quantitative estimate of drug-likeness (QED) is 0.684. The van der Waals surface area contributed by atoms with Gasteiger partial charge in [0.25, 0.3) is 0 Å². The number of benzene rings is 1. The van der Waals surface area contributed by atoms with Gasteiger partial charge in [0, 0.05) is 5.56 Å². The average Bonchev–Trinajstić information content (AvgIpc) is 2.05. The van der Waals surface area contributed by atoms with E-state index in [1.54, 1.807) is 12.1 Å². The number of nitrogens with two attached hydrogens (primary N) is 1. The van der Waals surface area contributed by atoms with Gasteiger partial charge in [-0.2, -0.15) is 5.26 Å². The Morgan fingerprint density at radius 2 is 2.08 bits per heavy atom. The first-order valence-electron chi connectivity index (χ1n) is 3.53.